The number of hydrogen-bond donors (Lipinski definition) is 2. The fourth-order valence-corrected chi connectivity index (χ4v) is 4.31. The molecule has 5 rings (SSSR count). The Balaban J connectivity index is 1.39. The van der Waals surface area contributed by atoms with Crippen molar-refractivity contribution < 1.29 is 9.59 Å². The minimum Gasteiger partial charge on any atom is -0.354 e. The van der Waals surface area contributed by atoms with Gasteiger partial charge in [0.1, 0.15) is 11.5 Å². The predicted molar refractivity (Wildman–Crippen MR) is 130 cm³/mol. The standard InChI is InChI=1S/C26H26N6O2/c1-27-25(33)21-15-17-32(30-21)20-13-11-19(12-14-20)28-26(34)23-22-10-6-3-7-16-31(22)24(29-23)18-8-4-2-5-9-18/h2,4-5,8-9,11-15,17H,3,6-7,10,16H2,1H3,(H,27,33)(H,28,34). The molecular weight excluding hydrogens is 428 g/mol. The second-order valence-electron chi connectivity index (χ2n) is 8.28. The maximum Gasteiger partial charge on any atom is 0.276 e. The van der Waals surface area contributed by atoms with E-state index in [1.165, 1.54) is 0 Å². The molecule has 0 aliphatic carbocycles. The summed E-state index contributed by atoms with van der Waals surface area (Å²) in [6.45, 7) is 0.871. The molecule has 0 bridgehead atoms. The lowest BCUT2D eigenvalue weighted by molar-refractivity contribution is 0.0956. The zero-order valence-electron chi connectivity index (χ0n) is 19.0. The summed E-state index contributed by atoms with van der Waals surface area (Å²) in [6, 6.07) is 19.0. The molecule has 0 atom stereocenters. The normalized spacial score (nSPS) is 13.1. The Bertz CT molecular complexity index is 1320. The number of carbonyl (C=O) groups is 2. The van der Waals surface area contributed by atoms with Gasteiger partial charge in [0, 0.05) is 31.0 Å². The molecule has 0 saturated carbocycles. The summed E-state index contributed by atoms with van der Waals surface area (Å²) in [5.74, 6) is 0.405. The maximum atomic E-state index is 13.3. The van der Waals surface area contributed by atoms with Crippen molar-refractivity contribution in [2.45, 2.75) is 32.2 Å². The lowest BCUT2D eigenvalue weighted by Gasteiger charge is -2.09. The van der Waals surface area contributed by atoms with Crippen molar-refractivity contribution in [3.05, 3.63) is 83.9 Å². The van der Waals surface area contributed by atoms with Crippen LogP contribution in [0.1, 0.15) is 45.9 Å². The van der Waals surface area contributed by atoms with Gasteiger partial charge in [-0.05, 0) is 49.6 Å². The van der Waals surface area contributed by atoms with Gasteiger partial charge in [0.2, 0.25) is 0 Å². The highest BCUT2D eigenvalue weighted by molar-refractivity contribution is 6.04. The number of hydrogen-bond acceptors (Lipinski definition) is 4. The van der Waals surface area contributed by atoms with Gasteiger partial charge in [-0.3, -0.25) is 9.59 Å². The Hall–Kier alpha value is -4.20. The first-order valence-corrected chi connectivity index (χ1v) is 11.5. The van der Waals surface area contributed by atoms with Gasteiger partial charge in [0.05, 0.1) is 11.4 Å². The Morgan fingerprint density at radius 2 is 1.71 bits per heavy atom. The summed E-state index contributed by atoms with van der Waals surface area (Å²) in [5, 5.41) is 9.84. The lowest BCUT2D eigenvalue weighted by Crippen LogP contribution is -2.18. The van der Waals surface area contributed by atoms with E-state index < -0.39 is 0 Å². The number of nitrogens with zero attached hydrogens (tertiary/aromatic N) is 4. The molecule has 0 spiro atoms. The van der Waals surface area contributed by atoms with Crippen molar-refractivity contribution in [3.8, 4) is 17.1 Å². The van der Waals surface area contributed by atoms with Gasteiger partial charge in [-0.25, -0.2) is 9.67 Å². The first-order chi connectivity index (χ1) is 16.6. The molecule has 2 N–H and O–H groups in total. The Morgan fingerprint density at radius 1 is 0.912 bits per heavy atom. The van der Waals surface area contributed by atoms with Crippen molar-refractivity contribution in [2.24, 2.45) is 0 Å². The SMILES string of the molecule is CNC(=O)c1ccn(-c2ccc(NC(=O)c3nc(-c4ccccc4)n4c3CCCCC4)cc2)n1. The third kappa shape index (κ3) is 4.22. The van der Waals surface area contributed by atoms with E-state index in [1.807, 2.05) is 54.6 Å². The van der Waals surface area contributed by atoms with Crippen molar-refractivity contribution in [2.75, 3.05) is 12.4 Å². The molecule has 4 aromatic rings. The molecule has 0 radical (unpaired) electrons. The summed E-state index contributed by atoms with van der Waals surface area (Å²) in [4.78, 5) is 29.8. The molecular formula is C26H26N6O2. The van der Waals surface area contributed by atoms with Crippen molar-refractivity contribution in [1.29, 1.82) is 0 Å². The Kier molecular flexibility index (Phi) is 5.95. The summed E-state index contributed by atoms with van der Waals surface area (Å²) in [5.41, 5.74) is 4.31. The average Bonchev–Trinajstić information content (AvgIpc) is 3.43. The number of anilines is 1. The predicted octanol–water partition coefficient (Wildman–Crippen LogP) is 4.07. The highest BCUT2D eigenvalue weighted by atomic mass is 16.2. The molecule has 0 saturated heterocycles. The number of amides is 2. The van der Waals surface area contributed by atoms with Crippen LogP contribution in [-0.4, -0.2) is 38.2 Å². The van der Waals surface area contributed by atoms with Crippen LogP contribution in [-0.2, 0) is 13.0 Å². The smallest absolute Gasteiger partial charge is 0.276 e. The van der Waals surface area contributed by atoms with Gasteiger partial charge < -0.3 is 15.2 Å². The second-order valence-corrected chi connectivity index (χ2v) is 8.28. The molecule has 0 fully saturated rings. The first-order valence-electron chi connectivity index (χ1n) is 11.5. The summed E-state index contributed by atoms with van der Waals surface area (Å²) < 4.78 is 3.83. The van der Waals surface area contributed by atoms with E-state index in [1.54, 1.807) is 24.0 Å². The number of imidazole rings is 1. The van der Waals surface area contributed by atoms with Gasteiger partial charge in [-0.1, -0.05) is 36.8 Å². The number of rotatable bonds is 5. The second kappa shape index (κ2) is 9.35. The van der Waals surface area contributed by atoms with Crippen molar-refractivity contribution in [3.63, 3.8) is 0 Å². The molecule has 8 heteroatoms. The monoisotopic (exact) mass is 454 g/mol. The Morgan fingerprint density at radius 3 is 2.47 bits per heavy atom. The molecule has 172 valence electrons. The molecule has 1 aliphatic rings. The van der Waals surface area contributed by atoms with Crippen LogP contribution < -0.4 is 10.6 Å². The highest BCUT2D eigenvalue weighted by Gasteiger charge is 2.24. The number of fused-ring (bicyclic) bond motifs is 1. The van der Waals surface area contributed by atoms with E-state index in [2.05, 4.69) is 20.3 Å². The average molecular weight is 455 g/mol. The fourth-order valence-electron chi connectivity index (χ4n) is 4.31. The molecule has 34 heavy (non-hydrogen) atoms. The largest absolute Gasteiger partial charge is 0.354 e. The van der Waals surface area contributed by atoms with E-state index in [-0.39, 0.29) is 11.8 Å². The Labute approximate surface area is 197 Å². The summed E-state index contributed by atoms with van der Waals surface area (Å²) >= 11 is 0. The van der Waals surface area contributed by atoms with Crippen LogP contribution in [0.4, 0.5) is 5.69 Å². The molecule has 2 amide bonds. The van der Waals surface area contributed by atoms with E-state index in [0.29, 0.717) is 17.1 Å². The van der Waals surface area contributed by atoms with Gasteiger partial charge >= 0.3 is 0 Å². The fraction of sp³-hybridized carbons (Fsp3) is 0.231. The number of benzene rings is 2. The van der Waals surface area contributed by atoms with E-state index in [4.69, 9.17) is 4.98 Å². The van der Waals surface area contributed by atoms with Crippen LogP contribution in [0, 0.1) is 0 Å². The third-order valence-corrected chi connectivity index (χ3v) is 6.05. The molecule has 8 nitrogen and oxygen atoms in total. The molecule has 2 aromatic carbocycles. The van der Waals surface area contributed by atoms with E-state index in [9.17, 15) is 9.59 Å². The number of aromatic nitrogens is 4. The number of nitrogens with one attached hydrogen (secondary N) is 2. The van der Waals surface area contributed by atoms with Crippen LogP contribution in [0.25, 0.3) is 17.1 Å². The van der Waals surface area contributed by atoms with Crippen LogP contribution >= 0.6 is 0 Å². The quantitative estimate of drug-likeness (QED) is 0.475. The third-order valence-electron chi connectivity index (χ3n) is 6.05. The van der Waals surface area contributed by atoms with Crippen LogP contribution in [0.3, 0.4) is 0 Å². The highest BCUT2D eigenvalue weighted by Crippen LogP contribution is 2.27. The summed E-state index contributed by atoms with van der Waals surface area (Å²) in [6.07, 6.45) is 5.85. The topological polar surface area (TPSA) is 93.8 Å². The van der Waals surface area contributed by atoms with Gasteiger partial charge in [0.25, 0.3) is 11.8 Å². The van der Waals surface area contributed by atoms with Crippen molar-refractivity contribution in [1.82, 2.24) is 24.6 Å². The number of carbonyl (C=O) groups excluding carboxylic acids is 2. The zero-order chi connectivity index (χ0) is 23.5. The van der Waals surface area contributed by atoms with Crippen LogP contribution in [0.15, 0.2) is 66.9 Å². The molecule has 3 heterocycles. The first kappa shape index (κ1) is 21.6. The van der Waals surface area contributed by atoms with E-state index >= 15 is 0 Å². The molecule has 1 aliphatic heterocycles. The maximum absolute atomic E-state index is 13.3. The lowest BCUT2D eigenvalue weighted by atomic mass is 10.1. The molecule has 2 aromatic heterocycles. The van der Waals surface area contributed by atoms with Crippen LogP contribution in [0.2, 0.25) is 0 Å². The van der Waals surface area contributed by atoms with Gasteiger partial charge in [-0.2, -0.15) is 5.10 Å². The van der Waals surface area contributed by atoms with Gasteiger partial charge in [0.15, 0.2) is 5.69 Å². The zero-order valence-corrected chi connectivity index (χ0v) is 19.0. The molecule has 0 unspecified atom stereocenters. The van der Waals surface area contributed by atoms with Crippen LogP contribution in [0.5, 0.6) is 0 Å². The van der Waals surface area contributed by atoms with Crippen molar-refractivity contribution >= 4 is 17.5 Å². The summed E-state index contributed by atoms with van der Waals surface area (Å²) in [7, 11) is 1.57. The minimum atomic E-state index is -0.239. The minimum absolute atomic E-state index is 0.207. The van der Waals surface area contributed by atoms with Gasteiger partial charge in [-0.15, -0.1) is 0 Å². The van der Waals surface area contributed by atoms with E-state index in [0.717, 1.165) is 55.0 Å².